The molecule has 3 atom stereocenters. The molecule has 3 aliphatic rings. The largest absolute Gasteiger partial charge is 0.357 e. The quantitative estimate of drug-likeness (QED) is 0.603. The van der Waals surface area contributed by atoms with Gasteiger partial charge in [-0.15, -0.1) is 0 Å². The van der Waals surface area contributed by atoms with Crippen LogP contribution in [0, 0.1) is 5.82 Å². The topological polar surface area (TPSA) is 56.4 Å². The van der Waals surface area contributed by atoms with Gasteiger partial charge in [-0.3, -0.25) is 0 Å². The normalized spacial score (nSPS) is 26.6. The zero-order chi connectivity index (χ0) is 21.2. The first kappa shape index (κ1) is 19.0. The number of halogens is 1. The van der Waals surface area contributed by atoms with Gasteiger partial charge in [0.2, 0.25) is 0 Å². The van der Waals surface area contributed by atoms with E-state index in [-0.39, 0.29) is 23.1 Å². The number of ether oxygens (including phenoxy) is 1. The van der Waals surface area contributed by atoms with Crippen molar-refractivity contribution in [3.05, 3.63) is 88.5 Å². The van der Waals surface area contributed by atoms with Crippen LogP contribution in [0.3, 0.4) is 0 Å². The molecule has 0 amide bonds. The summed E-state index contributed by atoms with van der Waals surface area (Å²) < 4.78 is 21.8. The monoisotopic (exact) mass is 415 g/mol. The van der Waals surface area contributed by atoms with Crippen molar-refractivity contribution in [3.63, 3.8) is 0 Å². The smallest absolute Gasteiger partial charge is 0.123 e. The van der Waals surface area contributed by atoms with Gasteiger partial charge in [-0.25, -0.2) is 9.07 Å². The first-order valence-electron chi connectivity index (χ1n) is 11.1. The summed E-state index contributed by atoms with van der Waals surface area (Å²) in [7, 11) is 0. The molecule has 4 nitrogen and oxygen atoms in total. The standard InChI is InChI=1S/C26H26FN3O/c1-17(28)23-5-3-2-4-18(23)10-12-25-13-11-20-14-24-19(15-26(20,25)31-25)16-29-30(24)22-8-6-21(27)7-9-22/h2-9,14,16-17H,10-13,15,28H2,1H3/t17-,25+,26?/m1/s1. The second-order valence-corrected chi connectivity index (χ2v) is 9.20. The lowest BCUT2D eigenvalue weighted by molar-refractivity contribution is 0.235. The molecule has 31 heavy (non-hydrogen) atoms. The van der Waals surface area contributed by atoms with Crippen LogP contribution in [0.5, 0.6) is 0 Å². The van der Waals surface area contributed by atoms with Gasteiger partial charge in [0.05, 0.1) is 17.6 Å². The van der Waals surface area contributed by atoms with Crippen molar-refractivity contribution >= 4 is 6.08 Å². The number of benzene rings is 2. The first-order valence-corrected chi connectivity index (χ1v) is 11.1. The number of hydrogen-bond acceptors (Lipinski definition) is 3. The minimum atomic E-state index is -0.236. The third-order valence-electron chi connectivity index (χ3n) is 7.43. The summed E-state index contributed by atoms with van der Waals surface area (Å²) in [6.07, 6.45) is 9.18. The van der Waals surface area contributed by atoms with E-state index in [9.17, 15) is 4.39 Å². The third kappa shape index (κ3) is 2.76. The maximum absolute atomic E-state index is 13.3. The Kier molecular flexibility index (Phi) is 4.05. The van der Waals surface area contributed by atoms with Gasteiger partial charge in [-0.05, 0) is 79.6 Å². The van der Waals surface area contributed by atoms with Gasteiger partial charge < -0.3 is 10.5 Å². The Balaban J connectivity index is 1.27. The molecule has 6 rings (SSSR count). The molecular formula is C26H26FN3O. The van der Waals surface area contributed by atoms with Crippen molar-refractivity contribution in [3.8, 4) is 5.69 Å². The molecule has 0 radical (unpaired) electrons. The molecule has 1 spiro atoms. The molecule has 1 aromatic heterocycles. The molecule has 1 aliphatic heterocycles. The van der Waals surface area contributed by atoms with Gasteiger partial charge in [0, 0.05) is 18.0 Å². The van der Waals surface area contributed by atoms with Crippen LogP contribution >= 0.6 is 0 Å². The number of fused-ring (bicyclic) bond motifs is 1. The molecule has 2 heterocycles. The Hall–Kier alpha value is -2.76. The summed E-state index contributed by atoms with van der Waals surface area (Å²) in [6.45, 7) is 2.05. The Morgan fingerprint density at radius 3 is 2.81 bits per heavy atom. The molecular weight excluding hydrogens is 389 g/mol. The summed E-state index contributed by atoms with van der Waals surface area (Å²) >= 11 is 0. The zero-order valence-corrected chi connectivity index (χ0v) is 17.6. The highest BCUT2D eigenvalue weighted by Crippen LogP contribution is 2.67. The average Bonchev–Trinajstić information content (AvgIpc) is 3.05. The van der Waals surface area contributed by atoms with Gasteiger partial charge in [0.1, 0.15) is 17.0 Å². The van der Waals surface area contributed by atoms with Crippen LogP contribution in [0.1, 0.15) is 54.6 Å². The van der Waals surface area contributed by atoms with E-state index in [0.717, 1.165) is 43.5 Å². The lowest BCUT2D eigenvalue weighted by atomic mass is 9.80. The van der Waals surface area contributed by atoms with E-state index in [1.807, 2.05) is 17.8 Å². The van der Waals surface area contributed by atoms with E-state index in [0.29, 0.717) is 0 Å². The Labute approximate surface area is 181 Å². The van der Waals surface area contributed by atoms with Gasteiger partial charge in [0.15, 0.2) is 0 Å². The Bertz CT molecular complexity index is 1200. The number of nitrogens with two attached hydrogens (primary N) is 1. The predicted octanol–water partition coefficient (Wildman–Crippen LogP) is 4.91. The maximum Gasteiger partial charge on any atom is 0.123 e. The van der Waals surface area contributed by atoms with Gasteiger partial charge in [0.25, 0.3) is 0 Å². The van der Waals surface area contributed by atoms with E-state index in [4.69, 9.17) is 10.5 Å². The number of epoxide rings is 1. The number of rotatable bonds is 5. The van der Waals surface area contributed by atoms with Crippen molar-refractivity contribution in [1.29, 1.82) is 0 Å². The Morgan fingerprint density at radius 2 is 2.00 bits per heavy atom. The van der Waals surface area contributed by atoms with Gasteiger partial charge in [-0.1, -0.05) is 24.3 Å². The van der Waals surface area contributed by atoms with E-state index >= 15 is 0 Å². The molecule has 2 aliphatic carbocycles. The minimum absolute atomic E-state index is 0.0383. The molecule has 2 fully saturated rings. The molecule has 1 saturated carbocycles. The third-order valence-corrected chi connectivity index (χ3v) is 7.43. The molecule has 5 heteroatoms. The average molecular weight is 416 g/mol. The summed E-state index contributed by atoms with van der Waals surface area (Å²) in [5.74, 6) is -0.236. The predicted molar refractivity (Wildman–Crippen MR) is 118 cm³/mol. The van der Waals surface area contributed by atoms with E-state index in [2.05, 4.69) is 35.4 Å². The summed E-state index contributed by atoms with van der Waals surface area (Å²) in [6, 6.07) is 15.0. The van der Waals surface area contributed by atoms with E-state index in [1.165, 1.54) is 34.4 Å². The molecule has 1 unspecified atom stereocenters. The fraction of sp³-hybridized carbons (Fsp3) is 0.346. The molecule has 0 bridgehead atoms. The molecule has 158 valence electrons. The van der Waals surface area contributed by atoms with E-state index in [1.54, 1.807) is 12.1 Å². The summed E-state index contributed by atoms with van der Waals surface area (Å²) in [5, 5.41) is 4.60. The van der Waals surface area contributed by atoms with Crippen LogP contribution in [0.2, 0.25) is 0 Å². The van der Waals surface area contributed by atoms with Crippen molar-refractivity contribution in [2.45, 2.75) is 56.3 Å². The molecule has 2 N–H and O–H groups in total. The highest BCUT2D eigenvalue weighted by atomic mass is 19.1. The summed E-state index contributed by atoms with van der Waals surface area (Å²) in [5.41, 5.74) is 13.1. The lowest BCUT2D eigenvalue weighted by Gasteiger charge is -2.20. The van der Waals surface area contributed by atoms with Crippen LogP contribution in [0.15, 0.2) is 60.3 Å². The minimum Gasteiger partial charge on any atom is -0.357 e. The highest BCUT2D eigenvalue weighted by Gasteiger charge is 2.74. The van der Waals surface area contributed by atoms with Crippen molar-refractivity contribution in [2.75, 3.05) is 0 Å². The van der Waals surface area contributed by atoms with Crippen LogP contribution in [-0.4, -0.2) is 21.0 Å². The fourth-order valence-corrected chi connectivity index (χ4v) is 5.78. The number of aromatic nitrogens is 2. The maximum atomic E-state index is 13.3. The lowest BCUT2D eigenvalue weighted by Crippen LogP contribution is -2.27. The van der Waals surface area contributed by atoms with Crippen molar-refractivity contribution in [2.24, 2.45) is 5.73 Å². The number of hydrogen-bond donors (Lipinski definition) is 1. The van der Waals surface area contributed by atoms with E-state index < -0.39 is 0 Å². The molecule has 1 saturated heterocycles. The Morgan fingerprint density at radius 1 is 1.19 bits per heavy atom. The first-order chi connectivity index (χ1) is 15.0. The number of nitrogens with zero attached hydrogens (tertiary/aromatic N) is 2. The SMILES string of the molecule is C[C@@H](N)c1ccccc1CC[C@]12CCC3=Cc4c(cnn4-c4ccc(F)cc4)CC31O2. The van der Waals surface area contributed by atoms with Crippen LogP contribution in [0.4, 0.5) is 4.39 Å². The summed E-state index contributed by atoms with van der Waals surface area (Å²) in [4.78, 5) is 0. The van der Waals surface area contributed by atoms with Crippen LogP contribution in [0.25, 0.3) is 11.8 Å². The van der Waals surface area contributed by atoms with Gasteiger partial charge >= 0.3 is 0 Å². The van der Waals surface area contributed by atoms with Crippen LogP contribution < -0.4 is 5.73 Å². The second-order valence-electron chi connectivity index (χ2n) is 9.20. The molecule has 3 aromatic rings. The zero-order valence-electron chi connectivity index (χ0n) is 17.6. The highest BCUT2D eigenvalue weighted by molar-refractivity contribution is 5.66. The van der Waals surface area contributed by atoms with Crippen molar-refractivity contribution in [1.82, 2.24) is 9.78 Å². The molecule has 2 aromatic carbocycles. The van der Waals surface area contributed by atoms with Crippen molar-refractivity contribution < 1.29 is 9.13 Å². The van der Waals surface area contributed by atoms with Crippen LogP contribution in [-0.2, 0) is 17.6 Å². The van der Waals surface area contributed by atoms with Gasteiger partial charge in [-0.2, -0.15) is 5.10 Å². The second kappa shape index (κ2) is 6.62. The fourth-order valence-electron chi connectivity index (χ4n) is 5.78. The number of aryl methyl sites for hydroxylation is 1.